The molecule has 0 aromatic heterocycles. The Morgan fingerprint density at radius 3 is 2.88 bits per heavy atom. The van der Waals surface area contributed by atoms with Crippen molar-refractivity contribution >= 4 is 16.7 Å². The SMILES string of the molecule is N#CCNC(=O)c1cc(F)c2ccccc2c1. The highest BCUT2D eigenvalue weighted by molar-refractivity contribution is 5.98. The maximum atomic E-state index is 13.7. The van der Waals surface area contributed by atoms with Crippen LogP contribution in [0.2, 0.25) is 0 Å². The predicted molar refractivity (Wildman–Crippen MR) is 61.9 cm³/mol. The molecule has 0 aliphatic heterocycles. The Morgan fingerprint density at radius 1 is 1.35 bits per heavy atom. The summed E-state index contributed by atoms with van der Waals surface area (Å²) in [6, 6.07) is 11.5. The van der Waals surface area contributed by atoms with Gasteiger partial charge in [-0.05, 0) is 17.5 Å². The first-order valence-corrected chi connectivity index (χ1v) is 5.06. The van der Waals surface area contributed by atoms with E-state index in [-0.39, 0.29) is 12.1 Å². The fraction of sp³-hybridized carbons (Fsp3) is 0.0769. The van der Waals surface area contributed by atoms with Crippen LogP contribution >= 0.6 is 0 Å². The summed E-state index contributed by atoms with van der Waals surface area (Å²) in [6.45, 7) is -0.0900. The van der Waals surface area contributed by atoms with Crippen LogP contribution in [0.3, 0.4) is 0 Å². The average Bonchev–Trinajstić information content (AvgIpc) is 2.36. The summed E-state index contributed by atoms with van der Waals surface area (Å²) in [5, 5.41) is 11.9. The van der Waals surface area contributed by atoms with Gasteiger partial charge in [0.05, 0.1) is 6.07 Å². The van der Waals surface area contributed by atoms with Gasteiger partial charge < -0.3 is 5.32 Å². The number of nitriles is 1. The van der Waals surface area contributed by atoms with Crippen LogP contribution in [-0.2, 0) is 0 Å². The smallest absolute Gasteiger partial charge is 0.252 e. The lowest BCUT2D eigenvalue weighted by atomic mass is 10.1. The van der Waals surface area contributed by atoms with E-state index >= 15 is 0 Å². The van der Waals surface area contributed by atoms with E-state index in [0.29, 0.717) is 10.8 Å². The first kappa shape index (κ1) is 11.1. The van der Waals surface area contributed by atoms with Gasteiger partial charge in [-0.2, -0.15) is 5.26 Å². The van der Waals surface area contributed by atoms with Crippen LogP contribution in [0.15, 0.2) is 36.4 Å². The third kappa shape index (κ3) is 2.23. The number of nitrogens with one attached hydrogen (secondary N) is 1. The van der Waals surface area contributed by atoms with Gasteiger partial charge in [-0.1, -0.05) is 24.3 Å². The van der Waals surface area contributed by atoms with Crippen molar-refractivity contribution in [3.63, 3.8) is 0 Å². The van der Waals surface area contributed by atoms with Crippen molar-refractivity contribution in [2.24, 2.45) is 0 Å². The van der Waals surface area contributed by atoms with Crippen molar-refractivity contribution in [1.29, 1.82) is 5.26 Å². The van der Waals surface area contributed by atoms with Gasteiger partial charge in [-0.25, -0.2) is 4.39 Å². The molecule has 1 amide bonds. The van der Waals surface area contributed by atoms with E-state index in [1.807, 2.05) is 0 Å². The molecule has 2 rings (SSSR count). The summed E-state index contributed by atoms with van der Waals surface area (Å²) in [5.74, 6) is -0.888. The summed E-state index contributed by atoms with van der Waals surface area (Å²) in [6.07, 6.45) is 0. The van der Waals surface area contributed by atoms with Gasteiger partial charge >= 0.3 is 0 Å². The minimum atomic E-state index is -0.448. The summed E-state index contributed by atoms with van der Waals surface area (Å²) in [5.41, 5.74) is 0.219. The molecule has 0 saturated carbocycles. The zero-order valence-corrected chi connectivity index (χ0v) is 8.90. The molecule has 0 atom stereocenters. The number of nitrogens with zero attached hydrogens (tertiary/aromatic N) is 1. The molecule has 2 aromatic rings. The Kier molecular flexibility index (Phi) is 3.01. The van der Waals surface area contributed by atoms with Gasteiger partial charge in [0, 0.05) is 10.9 Å². The van der Waals surface area contributed by atoms with Gasteiger partial charge in [0.25, 0.3) is 5.91 Å². The van der Waals surface area contributed by atoms with E-state index in [0.717, 1.165) is 0 Å². The Hall–Kier alpha value is -2.41. The molecule has 0 radical (unpaired) electrons. The summed E-state index contributed by atoms with van der Waals surface area (Å²) in [7, 11) is 0. The molecule has 0 fully saturated rings. The van der Waals surface area contributed by atoms with Gasteiger partial charge in [-0.3, -0.25) is 4.79 Å². The molecule has 0 saturated heterocycles. The van der Waals surface area contributed by atoms with E-state index in [1.54, 1.807) is 36.4 Å². The zero-order valence-electron chi connectivity index (χ0n) is 8.90. The van der Waals surface area contributed by atoms with Crippen molar-refractivity contribution in [3.05, 3.63) is 47.8 Å². The molecule has 0 heterocycles. The van der Waals surface area contributed by atoms with Crippen LogP contribution in [0.1, 0.15) is 10.4 Å². The lowest BCUT2D eigenvalue weighted by Gasteiger charge is -2.04. The van der Waals surface area contributed by atoms with Crippen LogP contribution in [0.4, 0.5) is 4.39 Å². The summed E-state index contributed by atoms with van der Waals surface area (Å²) < 4.78 is 13.7. The average molecular weight is 228 g/mol. The largest absolute Gasteiger partial charge is 0.339 e. The molecule has 4 heteroatoms. The Bertz CT molecular complexity index is 616. The Labute approximate surface area is 97.5 Å². The number of hydrogen-bond donors (Lipinski definition) is 1. The zero-order chi connectivity index (χ0) is 12.3. The van der Waals surface area contributed by atoms with E-state index in [4.69, 9.17) is 5.26 Å². The number of amides is 1. The van der Waals surface area contributed by atoms with Gasteiger partial charge in [0.2, 0.25) is 0 Å². The van der Waals surface area contributed by atoms with Gasteiger partial charge in [0.1, 0.15) is 12.4 Å². The molecule has 3 nitrogen and oxygen atoms in total. The maximum absolute atomic E-state index is 13.7. The molecular formula is C13H9FN2O. The monoisotopic (exact) mass is 228 g/mol. The number of halogens is 1. The van der Waals surface area contributed by atoms with Crippen LogP contribution in [-0.4, -0.2) is 12.5 Å². The van der Waals surface area contributed by atoms with Gasteiger partial charge in [-0.15, -0.1) is 0 Å². The first-order chi connectivity index (χ1) is 8.22. The van der Waals surface area contributed by atoms with Crippen LogP contribution in [0.25, 0.3) is 10.8 Å². The fourth-order valence-corrected chi connectivity index (χ4v) is 1.62. The standard InChI is InChI=1S/C13H9FN2O/c14-12-8-10(13(17)16-6-5-15)7-9-3-1-2-4-11(9)12/h1-4,7-8H,6H2,(H,16,17). The topological polar surface area (TPSA) is 52.9 Å². The highest BCUT2D eigenvalue weighted by Crippen LogP contribution is 2.19. The fourth-order valence-electron chi connectivity index (χ4n) is 1.62. The number of carbonyl (C=O) groups excluding carboxylic acids is 1. The number of hydrogen-bond acceptors (Lipinski definition) is 2. The molecule has 0 bridgehead atoms. The number of rotatable bonds is 2. The van der Waals surface area contributed by atoms with Crippen molar-refractivity contribution in [2.75, 3.05) is 6.54 Å². The minimum Gasteiger partial charge on any atom is -0.339 e. The molecule has 1 N–H and O–H groups in total. The second-order valence-electron chi connectivity index (χ2n) is 3.52. The molecule has 2 aromatic carbocycles. The van der Waals surface area contributed by atoms with E-state index in [2.05, 4.69) is 5.32 Å². The summed E-state index contributed by atoms with van der Waals surface area (Å²) in [4.78, 5) is 11.6. The second kappa shape index (κ2) is 4.62. The Balaban J connectivity index is 2.43. The summed E-state index contributed by atoms with van der Waals surface area (Å²) >= 11 is 0. The van der Waals surface area contributed by atoms with E-state index < -0.39 is 11.7 Å². The number of benzene rings is 2. The van der Waals surface area contributed by atoms with Crippen molar-refractivity contribution in [3.8, 4) is 6.07 Å². The van der Waals surface area contributed by atoms with Crippen molar-refractivity contribution < 1.29 is 9.18 Å². The van der Waals surface area contributed by atoms with Crippen LogP contribution in [0.5, 0.6) is 0 Å². The minimum absolute atomic E-state index is 0.0900. The highest BCUT2D eigenvalue weighted by atomic mass is 19.1. The quantitative estimate of drug-likeness (QED) is 0.801. The van der Waals surface area contributed by atoms with Gasteiger partial charge in [0.15, 0.2) is 0 Å². The Morgan fingerprint density at radius 2 is 2.12 bits per heavy atom. The molecule has 0 unspecified atom stereocenters. The molecule has 0 aliphatic carbocycles. The molecule has 17 heavy (non-hydrogen) atoms. The molecule has 84 valence electrons. The molecule has 0 spiro atoms. The second-order valence-corrected chi connectivity index (χ2v) is 3.52. The third-order valence-electron chi connectivity index (χ3n) is 2.40. The van der Waals surface area contributed by atoms with Crippen molar-refractivity contribution in [2.45, 2.75) is 0 Å². The van der Waals surface area contributed by atoms with Crippen LogP contribution in [0, 0.1) is 17.1 Å². The predicted octanol–water partition coefficient (Wildman–Crippen LogP) is 2.23. The first-order valence-electron chi connectivity index (χ1n) is 5.06. The lowest BCUT2D eigenvalue weighted by Crippen LogP contribution is -2.23. The van der Waals surface area contributed by atoms with E-state index in [1.165, 1.54) is 6.07 Å². The van der Waals surface area contributed by atoms with Crippen molar-refractivity contribution in [1.82, 2.24) is 5.32 Å². The molecular weight excluding hydrogens is 219 g/mol. The third-order valence-corrected chi connectivity index (χ3v) is 2.40. The maximum Gasteiger partial charge on any atom is 0.252 e. The highest BCUT2D eigenvalue weighted by Gasteiger charge is 2.09. The van der Waals surface area contributed by atoms with E-state index in [9.17, 15) is 9.18 Å². The number of carbonyl (C=O) groups is 1. The lowest BCUT2D eigenvalue weighted by molar-refractivity contribution is 0.0958. The normalized spacial score (nSPS) is 9.88. The number of fused-ring (bicyclic) bond motifs is 1. The molecule has 0 aliphatic rings. The van der Waals surface area contributed by atoms with Crippen LogP contribution < -0.4 is 5.32 Å².